The molecule has 5 nitrogen and oxygen atoms in total. The van der Waals surface area contributed by atoms with Crippen LogP contribution in [0, 0.1) is 0 Å². The number of hydrogen-bond donors (Lipinski definition) is 3. The Kier molecular flexibility index (Phi) is 5.70. The molecule has 2 rings (SSSR count). The van der Waals surface area contributed by atoms with Gasteiger partial charge in [0, 0.05) is 18.0 Å². The van der Waals surface area contributed by atoms with Crippen molar-refractivity contribution in [1.29, 1.82) is 0 Å². The molecule has 1 heterocycles. The van der Waals surface area contributed by atoms with Crippen molar-refractivity contribution in [3.8, 4) is 0 Å². The molecule has 0 amide bonds. The first-order valence-corrected chi connectivity index (χ1v) is 7.81. The average molecular weight is 295 g/mol. The Hall–Kier alpha value is -1.24. The van der Waals surface area contributed by atoms with E-state index in [0.29, 0.717) is 24.7 Å². The van der Waals surface area contributed by atoms with Gasteiger partial charge >= 0.3 is 0 Å². The van der Waals surface area contributed by atoms with Crippen LogP contribution in [0.1, 0.15) is 19.8 Å². The summed E-state index contributed by atoms with van der Waals surface area (Å²) in [5, 5.41) is 10.6. The highest BCUT2D eigenvalue weighted by Gasteiger charge is 2.08. The van der Waals surface area contributed by atoms with Crippen molar-refractivity contribution in [1.82, 2.24) is 9.97 Å². The van der Waals surface area contributed by atoms with E-state index in [4.69, 9.17) is 10.5 Å². The maximum atomic E-state index is 9.82. The Morgan fingerprint density at radius 3 is 3.15 bits per heavy atom. The van der Waals surface area contributed by atoms with Crippen molar-refractivity contribution < 1.29 is 9.84 Å². The summed E-state index contributed by atoms with van der Waals surface area (Å²) in [6, 6.07) is 5.57. The lowest BCUT2D eigenvalue weighted by Crippen LogP contribution is -2.18. The highest BCUT2D eigenvalue weighted by Crippen LogP contribution is 2.21. The minimum atomic E-state index is -0.477. The van der Waals surface area contributed by atoms with Gasteiger partial charge in [0.2, 0.25) is 0 Å². The summed E-state index contributed by atoms with van der Waals surface area (Å²) in [5.41, 5.74) is 8.24. The molecule has 0 aliphatic carbocycles. The van der Waals surface area contributed by atoms with E-state index in [1.165, 1.54) is 11.8 Å². The number of aliphatic hydroxyl groups is 1. The Morgan fingerprint density at radius 1 is 1.50 bits per heavy atom. The quantitative estimate of drug-likeness (QED) is 0.396. The van der Waals surface area contributed by atoms with Gasteiger partial charge in [0.1, 0.15) is 0 Å². The molecule has 0 aliphatic heterocycles. The Morgan fingerprint density at radius 2 is 2.35 bits per heavy atom. The lowest BCUT2D eigenvalue weighted by atomic mass is 10.3. The van der Waals surface area contributed by atoms with Crippen LogP contribution in [0.3, 0.4) is 0 Å². The number of thioether (sulfide) groups is 1. The van der Waals surface area contributed by atoms with Gasteiger partial charge < -0.3 is 20.6 Å². The van der Waals surface area contributed by atoms with Gasteiger partial charge in [0.15, 0.2) is 5.16 Å². The molecule has 4 N–H and O–H groups in total. The van der Waals surface area contributed by atoms with E-state index < -0.39 is 6.10 Å². The number of nitrogens with one attached hydrogen (secondary N) is 1. The summed E-state index contributed by atoms with van der Waals surface area (Å²) >= 11 is 1.49. The summed E-state index contributed by atoms with van der Waals surface area (Å²) in [6.45, 7) is 3.20. The van der Waals surface area contributed by atoms with Crippen LogP contribution in [0.4, 0.5) is 5.69 Å². The van der Waals surface area contributed by atoms with Crippen LogP contribution in [0.2, 0.25) is 0 Å². The monoisotopic (exact) mass is 295 g/mol. The molecule has 110 valence electrons. The lowest BCUT2D eigenvalue weighted by Gasteiger charge is -2.09. The van der Waals surface area contributed by atoms with E-state index in [9.17, 15) is 5.11 Å². The van der Waals surface area contributed by atoms with E-state index in [1.54, 1.807) is 0 Å². The highest BCUT2D eigenvalue weighted by molar-refractivity contribution is 7.99. The highest BCUT2D eigenvalue weighted by atomic mass is 32.2. The van der Waals surface area contributed by atoms with E-state index >= 15 is 0 Å². The van der Waals surface area contributed by atoms with Gasteiger partial charge in [-0.1, -0.05) is 25.1 Å². The normalized spacial score (nSPS) is 12.9. The minimum Gasteiger partial charge on any atom is -0.399 e. The molecule has 1 aromatic heterocycles. The number of nitrogen functional groups attached to an aromatic ring is 1. The second-order valence-electron chi connectivity index (χ2n) is 4.71. The molecule has 1 unspecified atom stereocenters. The summed E-state index contributed by atoms with van der Waals surface area (Å²) in [7, 11) is 0. The number of unbranched alkanes of at least 4 members (excludes halogenated alkanes) is 1. The molecule has 1 atom stereocenters. The van der Waals surface area contributed by atoms with Gasteiger partial charge in [-0.3, -0.25) is 0 Å². The van der Waals surface area contributed by atoms with Crippen LogP contribution < -0.4 is 5.73 Å². The van der Waals surface area contributed by atoms with Crippen LogP contribution in [0.15, 0.2) is 23.4 Å². The third kappa shape index (κ3) is 4.40. The molecule has 0 bridgehead atoms. The molecule has 0 radical (unpaired) electrons. The number of fused-ring (bicyclic) bond motifs is 1. The predicted molar refractivity (Wildman–Crippen MR) is 83.0 cm³/mol. The number of anilines is 1. The molecule has 0 spiro atoms. The third-order valence-electron chi connectivity index (χ3n) is 2.85. The number of nitrogens with two attached hydrogens (primary N) is 1. The van der Waals surface area contributed by atoms with Crippen LogP contribution in [0.5, 0.6) is 0 Å². The topological polar surface area (TPSA) is 84.2 Å². The first-order valence-electron chi connectivity index (χ1n) is 6.83. The van der Waals surface area contributed by atoms with Crippen molar-refractivity contribution in [2.75, 3.05) is 24.7 Å². The van der Waals surface area contributed by atoms with Gasteiger partial charge in [-0.2, -0.15) is 0 Å². The summed E-state index contributed by atoms with van der Waals surface area (Å²) in [5.74, 6) is 0.557. The van der Waals surface area contributed by atoms with Crippen LogP contribution in [-0.2, 0) is 4.74 Å². The van der Waals surface area contributed by atoms with Gasteiger partial charge in [-0.15, -0.1) is 0 Å². The van der Waals surface area contributed by atoms with Crippen molar-refractivity contribution in [3.05, 3.63) is 18.2 Å². The Labute approximate surface area is 122 Å². The van der Waals surface area contributed by atoms with Crippen LogP contribution >= 0.6 is 11.8 Å². The fourth-order valence-corrected chi connectivity index (χ4v) is 2.55. The lowest BCUT2D eigenvalue weighted by molar-refractivity contribution is 0.0473. The second-order valence-corrected chi connectivity index (χ2v) is 5.72. The van der Waals surface area contributed by atoms with E-state index in [1.807, 2.05) is 18.2 Å². The fraction of sp³-hybridized carbons (Fsp3) is 0.500. The van der Waals surface area contributed by atoms with E-state index in [0.717, 1.165) is 29.0 Å². The maximum Gasteiger partial charge on any atom is 0.166 e. The number of benzene rings is 1. The molecule has 6 heteroatoms. The zero-order chi connectivity index (χ0) is 14.4. The predicted octanol–water partition coefficient (Wildman–Crippen LogP) is 2.41. The third-order valence-corrected chi connectivity index (χ3v) is 3.87. The first-order chi connectivity index (χ1) is 9.69. The van der Waals surface area contributed by atoms with Crippen LogP contribution in [0.25, 0.3) is 11.0 Å². The summed E-state index contributed by atoms with van der Waals surface area (Å²) < 4.78 is 5.39. The van der Waals surface area contributed by atoms with Gasteiger partial charge in [-0.05, 0) is 24.6 Å². The number of aromatic amines is 1. The largest absolute Gasteiger partial charge is 0.399 e. The molecular weight excluding hydrogens is 274 g/mol. The number of imidazole rings is 1. The number of aromatic nitrogens is 2. The molecule has 0 aliphatic rings. The SMILES string of the molecule is CCCCOCC(O)CSc1nc2ccc(N)cc2[nH]1. The van der Waals surface area contributed by atoms with E-state index in [2.05, 4.69) is 16.9 Å². The number of rotatable bonds is 8. The number of hydrogen-bond acceptors (Lipinski definition) is 5. The maximum absolute atomic E-state index is 9.82. The van der Waals surface area contributed by atoms with E-state index in [-0.39, 0.29) is 0 Å². The molecule has 0 fully saturated rings. The standard InChI is InChI=1S/C14H21N3O2S/c1-2-3-6-19-8-11(18)9-20-14-16-12-5-4-10(15)7-13(12)17-14/h4-5,7,11,18H,2-3,6,8-9,15H2,1H3,(H,16,17). The molecule has 0 saturated carbocycles. The van der Waals surface area contributed by atoms with Crippen molar-refractivity contribution >= 4 is 28.5 Å². The number of nitrogens with zero attached hydrogens (tertiary/aromatic N) is 1. The zero-order valence-electron chi connectivity index (χ0n) is 11.6. The molecule has 20 heavy (non-hydrogen) atoms. The van der Waals surface area contributed by atoms with Crippen LogP contribution in [-0.4, -0.2) is 40.1 Å². The fourth-order valence-electron chi connectivity index (χ4n) is 1.76. The summed E-state index contributed by atoms with van der Waals surface area (Å²) in [6.07, 6.45) is 1.66. The number of H-pyrrole nitrogens is 1. The number of ether oxygens (including phenoxy) is 1. The second kappa shape index (κ2) is 7.52. The van der Waals surface area contributed by atoms with Crippen molar-refractivity contribution in [3.63, 3.8) is 0 Å². The van der Waals surface area contributed by atoms with Gasteiger partial charge in [0.05, 0.1) is 23.7 Å². The minimum absolute atomic E-state index is 0.375. The Bertz CT molecular complexity index is 544. The first kappa shape index (κ1) is 15.2. The molecular formula is C14H21N3O2S. The van der Waals surface area contributed by atoms with Gasteiger partial charge in [0.25, 0.3) is 0 Å². The molecule has 0 saturated heterocycles. The average Bonchev–Trinajstić information content (AvgIpc) is 2.83. The zero-order valence-corrected chi connectivity index (χ0v) is 12.4. The summed E-state index contributed by atoms with van der Waals surface area (Å²) in [4.78, 5) is 7.62. The van der Waals surface area contributed by atoms with Crippen molar-refractivity contribution in [2.45, 2.75) is 31.0 Å². The Balaban J connectivity index is 1.80. The van der Waals surface area contributed by atoms with Gasteiger partial charge in [-0.25, -0.2) is 4.98 Å². The number of aliphatic hydroxyl groups excluding tert-OH is 1. The molecule has 2 aromatic rings. The smallest absolute Gasteiger partial charge is 0.166 e. The molecule has 1 aromatic carbocycles. The van der Waals surface area contributed by atoms with Crippen molar-refractivity contribution in [2.24, 2.45) is 0 Å².